The molecule has 0 unspecified atom stereocenters. The predicted octanol–water partition coefficient (Wildman–Crippen LogP) is 2.03. The molecule has 0 aliphatic rings. The van der Waals surface area contributed by atoms with Crippen LogP contribution in [0, 0.1) is 6.92 Å². The van der Waals surface area contributed by atoms with E-state index in [1.807, 2.05) is 6.92 Å². The van der Waals surface area contributed by atoms with Gasteiger partial charge in [0, 0.05) is 36.4 Å². The molecule has 0 spiro atoms. The summed E-state index contributed by atoms with van der Waals surface area (Å²) in [5.41, 5.74) is 1.02. The number of benzene rings is 1. The molecule has 0 heterocycles. The van der Waals surface area contributed by atoms with E-state index in [0.29, 0.717) is 30.9 Å². The second-order valence-corrected chi connectivity index (χ2v) is 6.90. The zero-order valence-corrected chi connectivity index (χ0v) is 13.3. The van der Waals surface area contributed by atoms with E-state index in [4.69, 9.17) is 15.4 Å². The molecule has 0 fully saturated rings. The van der Waals surface area contributed by atoms with Crippen molar-refractivity contribution in [2.24, 2.45) is 0 Å². The highest BCUT2D eigenvalue weighted by molar-refractivity contribution is 8.13. The molecule has 0 radical (unpaired) electrons. The number of amides is 1. The van der Waals surface area contributed by atoms with E-state index in [1.54, 1.807) is 20.0 Å². The maximum Gasteiger partial charge on any atom is 0.261 e. The minimum absolute atomic E-state index is 0.0775. The van der Waals surface area contributed by atoms with E-state index in [-0.39, 0.29) is 10.8 Å². The summed E-state index contributed by atoms with van der Waals surface area (Å²) in [6, 6.07) is 4.25. The third-order valence-corrected chi connectivity index (χ3v) is 4.19. The van der Waals surface area contributed by atoms with E-state index >= 15 is 0 Å². The molecule has 0 aliphatic carbocycles. The second-order valence-electron chi connectivity index (χ2n) is 4.34. The highest BCUT2D eigenvalue weighted by atomic mass is 35.7. The first kappa shape index (κ1) is 16.9. The van der Waals surface area contributed by atoms with Crippen LogP contribution in [0.3, 0.4) is 0 Å². The van der Waals surface area contributed by atoms with Gasteiger partial charge in [-0.2, -0.15) is 0 Å². The molecule has 1 aromatic carbocycles. The average Bonchev–Trinajstić information content (AvgIpc) is 2.37. The Kier molecular flexibility index (Phi) is 5.98. The Hall–Kier alpha value is -1.11. The van der Waals surface area contributed by atoms with Gasteiger partial charge in [0.05, 0.1) is 11.5 Å². The summed E-state index contributed by atoms with van der Waals surface area (Å²) < 4.78 is 27.8. The van der Waals surface area contributed by atoms with Gasteiger partial charge in [-0.05, 0) is 31.5 Å². The third-order valence-electron chi connectivity index (χ3n) is 2.84. The molecule has 0 atom stereocenters. The lowest BCUT2D eigenvalue weighted by molar-refractivity contribution is 0.0709. The smallest absolute Gasteiger partial charge is 0.261 e. The van der Waals surface area contributed by atoms with Gasteiger partial charge in [-0.25, -0.2) is 8.42 Å². The van der Waals surface area contributed by atoms with Crippen molar-refractivity contribution in [1.29, 1.82) is 0 Å². The van der Waals surface area contributed by atoms with Crippen LogP contribution in [0.5, 0.6) is 0 Å². The number of likely N-dealkylation sites (N-methyl/N-ethyl adjacent to an activating group) is 1. The highest BCUT2D eigenvalue weighted by Crippen LogP contribution is 2.20. The number of hydrogen-bond donors (Lipinski definition) is 0. The van der Waals surface area contributed by atoms with E-state index in [0.717, 1.165) is 0 Å². The minimum atomic E-state index is -3.85. The molecule has 5 nitrogen and oxygen atoms in total. The van der Waals surface area contributed by atoms with Crippen LogP contribution in [-0.2, 0) is 13.8 Å². The van der Waals surface area contributed by atoms with Crippen molar-refractivity contribution in [1.82, 2.24) is 4.90 Å². The zero-order valence-electron chi connectivity index (χ0n) is 11.7. The molecule has 112 valence electrons. The molecule has 0 saturated heterocycles. The van der Waals surface area contributed by atoms with Gasteiger partial charge in [0.25, 0.3) is 15.0 Å². The Balaban J connectivity index is 2.97. The highest BCUT2D eigenvalue weighted by Gasteiger charge is 2.18. The number of carbonyl (C=O) groups excluding carboxylic acids is 1. The van der Waals surface area contributed by atoms with Gasteiger partial charge in [-0.3, -0.25) is 4.79 Å². The summed E-state index contributed by atoms with van der Waals surface area (Å²) >= 11 is 0. The third kappa shape index (κ3) is 4.47. The zero-order chi connectivity index (χ0) is 15.3. The van der Waals surface area contributed by atoms with Gasteiger partial charge in [0.2, 0.25) is 0 Å². The molecule has 1 amide bonds. The van der Waals surface area contributed by atoms with Crippen LogP contribution in [0.2, 0.25) is 0 Å². The van der Waals surface area contributed by atoms with Gasteiger partial charge < -0.3 is 9.64 Å². The van der Waals surface area contributed by atoms with Crippen molar-refractivity contribution >= 4 is 25.6 Å². The number of ether oxygens (including phenoxy) is 1. The minimum Gasteiger partial charge on any atom is -0.380 e. The van der Waals surface area contributed by atoms with Gasteiger partial charge in [0.1, 0.15) is 0 Å². The van der Waals surface area contributed by atoms with Crippen LogP contribution in [0.1, 0.15) is 22.8 Å². The average molecular weight is 320 g/mol. The monoisotopic (exact) mass is 319 g/mol. The first-order chi connectivity index (χ1) is 9.27. The first-order valence-corrected chi connectivity index (χ1v) is 8.46. The molecule has 20 heavy (non-hydrogen) atoms. The summed E-state index contributed by atoms with van der Waals surface area (Å²) in [6.45, 7) is 5.07. The van der Waals surface area contributed by atoms with Crippen LogP contribution in [0.4, 0.5) is 0 Å². The van der Waals surface area contributed by atoms with Crippen molar-refractivity contribution in [3.8, 4) is 0 Å². The molecule has 0 N–H and O–H groups in total. The lowest BCUT2D eigenvalue weighted by atomic mass is 10.1. The number of rotatable bonds is 6. The molecule has 0 aromatic heterocycles. The van der Waals surface area contributed by atoms with E-state index in [9.17, 15) is 13.2 Å². The van der Waals surface area contributed by atoms with Crippen LogP contribution < -0.4 is 0 Å². The summed E-state index contributed by atoms with van der Waals surface area (Å²) in [4.78, 5) is 13.7. The van der Waals surface area contributed by atoms with Crippen molar-refractivity contribution in [2.75, 3.05) is 26.8 Å². The summed E-state index contributed by atoms with van der Waals surface area (Å²) in [5.74, 6) is -0.260. The Morgan fingerprint density at radius 1 is 1.40 bits per heavy atom. The number of halogens is 1. The Labute approximate surface area is 123 Å². The van der Waals surface area contributed by atoms with Crippen molar-refractivity contribution in [3.63, 3.8) is 0 Å². The number of hydrogen-bond acceptors (Lipinski definition) is 4. The largest absolute Gasteiger partial charge is 0.380 e. The summed E-state index contributed by atoms with van der Waals surface area (Å²) in [5, 5.41) is 0. The fourth-order valence-corrected chi connectivity index (χ4v) is 2.41. The molecule has 0 saturated carbocycles. The van der Waals surface area contributed by atoms with Crippen molar-refractivity contribution in [2.45, 2.75) is 18.7 Å². The maximum atomic E-state index is 12.3. The van der Waals surface area contributed by atoms with Gasteiger partial charge in [-0.15, -0.1) is 0 Å². The predicted molar refractivity (Wildman–Crippen MR) is 77.7 cm³/mol. The Morgan fingerprint density at radius 3 is 2.60 bits per heavy atom. The Bertz CT molecular complexity index is 586. The molecule has 7 heteroatoms. The molecular weight excluding hydrogens is 302 g/mol. The van der Waals surface area contributed by atoms with Crippen molar-refractivity contribution in [3.05, 3.63) is 29.3 Å². The topological polar surface area (TPSA) is 63.7 Å². The van der Waals surface area contributed by atoms with E-state index < -0.39 is 9.05 Å². The lowest BCUT2D eigenvalue weighted by Crippen LogP contribution is -2.30. The summed E-state index contributed by atoms with van der Waals surface area (Å²) in [7, 11) is 3.09. The van der Waals surface area contributed by atoms with Gasteiger partial charge in [-0.1, -0.05) is 6.07 Å². The fourth-order valence-electron chi connectivity index (χ4n) is 1.64. The van der Waals surface area contributed by atoms with Crippen LogP contribution in [-0.4, -0.2) is 46.0 Å². The van der Waals surface area contributed by atoms with E-state index in [1.165, 1.54) is 17.0 Å². The molecule has 1 rings (SSSR count). The standard InChI is InChI=1S/C13H18ClNO4S/c1-4-19-8-7-15(3)13(16)12-9-11(20(14,17)18)6-5-10(12)2/h5-6,9H,4,7-8H2,1-3H3. The molecule has 0 aliphatic heterocycles. The van der Waals surface area contributed by atoms with E-state index in [2.05, 4.69) is 0 Å². The molecular formula is C13H18ClNO4S. The number of nitrogens with zero attached hydrogens (tertiary/aromatic N) is 1. The first-order valence-electron chi connectivity index (χ1n) is 6.16. The lowest BCUT2D eigenvalue weighted by Gasteiger charge is -2.18. The fraction of sp³-hybridized carbons (Fsp3) is 0.462. The maximum absolute atomic E-state index is 12.3. The Morgan fingerprint density at radius 2 is 2.05 bits per heavy atom. The number of aryl methyl sites for hydroxylation is 1. The second kappa shape index (κ2) is 7.06. The van der Waals surface area contributed by atoms with Crippen LogP contribution in [0.25, 0.3) is 0 Å². The van der Waals surface area contributed by atoms with Gasteiger partial charge >= 0.3 is 0 Å². The van der Waals surface area contributed by atoms with Gasteiger partial charge in [0.15, 0.2) is 0 Å². The summed E-state index contributed by atoms with van der Waals surface area (Å²) in [6.07, 6.45) is 0. The molecule has 0 bridgehead atoms. The molecule has 1 aromatic rings. The number of carbonyl (C=O) groups is 1. The van der Waals surface area contributed by atoms with Crippen LogP contribution in [0.15, 0.2) is 23.1 Å². The normalized spacial score (nSPS) is 11.4. The van der Waals surface area contributed by atoms with Crippen LogP contribution >= 0.6 is 10.7 Å². The van der Waals surface area contributed by atoms with Crippen molar-refractivity contribution < 1.29 is 17.9 Å². The SMILES string of the molecule is CCOCCN(C)C(=O)c1cc(S(=O)(=O)Cl)ccc1C. The quantitative estimate of drug-likeness (QED) is 0.594.